The average molecular weight is 158 g/mol. The Morgan fingerprint density at radius 1 is 1.45 bits per heavy atom. The van der Waals surface area contributed by atoms with E-state index in [9.17, 15) is 4.79 Å². The van der Waals surface area contributed by atoms with Gasteiger partial charge < -0.3 is 4.74 Å². The molecule has 0 aliphatic carbocycles. The van der Waals surface area contributed by atoms with Crippen molar-refractivity contribution >= 4 is 5.97 Å². The molecule has 0 aromatic heterocycles. The Morgan fingerprint density at radius 3 is 2.55 bits per heavy atom. The summed E-state index contributed by atoms with van der Waals surface area (Å²) in [5.74, 6) is -0.172. The molecule has 0 saturated heterocycles. The van der Waals surface area contributed by atoms with Crippen LogP contribution in [0.5, 0.6) is 0 Å². The average Bonchev–Trinajstić information content (AvgIpc) is 1.86. The second-order valence-corrected chi connectivity index (χ2v) is 2.92. The highest BCUT2D eigenvalue weighted by atomic mass is 16.5. The molecule has 0 unspecified atom stereocenters. The van der Waals surface area contributed by atoms with E-state index in [0.717, 1.165) is 12.8 Å². The van der Waals surface area contributed by atoms with Gasteiger partial charge in [0.2, 0.25) is 0 Å². The summed E-state index contributed by atoms with van der Waals surface area (Å²) < 4.78 is 4.96. The first-order chi connectivity index (χ1) is 5.16. The van der Waals surface area contributed by atoms with Crippen LogP contribution < -0.4 is 0 Å². The normalized spacial score (nSPS) is 12.6. The third-order valence-electron chi connectivity index (χ3n) is 1.58. The molecule has 66 valence electrons. The zero-order valence-electron chi connectivity index (χ0n) is 7.72. The zero-order chi connectivity index (χ0) is 8.69. The number of carbonyl (C=O) groups is 1. The van der Waals surface area contributed by atoms with E-state index in [2.05, 4.69) is 6.92 Å². The lowest BCUT2D eigenvalue weighted by atomic mass is 10.1. The molecule has 0 saturated carbocycles. The molecule has 0 spiro atoms. The first-order valence-electron chi connectivity index (χ1n) is 4.34. The highest BCUT2D eigenvalue weighted by Gasteiger charge is 2.03. The first-order valence-corrected chi connectivity index (χ1v) is 4.34. The van der Waals surface area contributed by atoms with Crippen molar-refractivity contribution in [3.05, 3.63) is 0 Å². The SMILES string of the molecule is CCCCC[C@H](C)OC(C)=O. The van der Waals surface area contributed by atoms with Gasteiger partial charge in [-0.05, 0) is 19.8 Å². The Kier molecular flexibility index (Phi) is 5.90. The van der Waals surface area contributed by atoms with Gasteiger partial charge in [0.25, 0.3) is 0 Å². The second-order valence-electron chi connectivity index (χ2n) is 2.92. The Bertz CT molecular complexity index is 110. The van der Waals surface area contributed by atoms with E-state index in [0.29, 0.717) is 0 Å². The molecule has 0 aromatic carbocycles. The van der Waals surface area contributed by atoms with Crippen molar-refractivity contribution in [1.29, 1.82) is 0 Å². The molecule has 0 aliphatic heterocycles. The maximum absolute atomic E-state index is 10.5. The highest BCUT2D eigenvalue weighted by Crippen LogP contribution is 2.05. The summed E-state index contributed by atoms with van der Waals surface area (Å²) >= 11 is 0. The van der Waals surface area contributed by atoms with Gasteiger partial charge >= 0.3 is 5.97 Å². The number of carbonyl (C=O) groups excluding carboxylic acids is 1. The molecule has 0 aliphatic rings. The first kappa shape index (κ1) is 10.5. The Balaban J connectivity index is 3.22. The van der Waals surface area contributed by atoms with Crippen LogP contribution >= 0.6 is 0 Å². The predicted octanol–water partition coefficient (Wildman–Crippen LogP) is 2.52. The summed E-state index contributed by atoms with van der Waals surface area (Å²) in [6.07, 6.45) is 4.69. The van der Waals surface area contributed by atoms with Crippen molar-refractivity contribution in [3.8, 4) is 0 Å². The van der Waals surface area contributed by atoms with Crippen LogP contribution in [0, 0.1) is 0 Å². The van der Waals surface area contributed by atoms with E-state index in [4.69, 9.17) is 4.74 Å². The fraction of sp³-hybridized carbons (Fsp3) is 0.889. The monoisotopic (exact) mass is 158 g/mol. The van der Waals surface area contributed by atoms with Crippen LogP contribution in [0.4, 0.5) is 0 Å². The van der Waals surface area contributed by atoms with E-state index in [1.807, 2.05) is 6.92 Å². The van der Waals surface area contributed by atoms with Gasteiger partial charge in [0.1, 0.15) is 0 Å². The summed E-state index contributed by atoms with van der Waals surface area (Å²) in [6, 6.07) is 0. The lowest BCUT2D eigenvalue weighted by Gasteiger charge is -2.10. The van der Waals surface area contributed by atoms with Gasteiger partial charge in [0.05, 0.1) is 6.10 Å². The van der Waals surface area contributed by atoms with Gasteiger partial charge in [0.15, 0.2) is 0 Å². The minimum Gasteiger partial charge on any atom is -0.463 e. The fourth-order valence-corrected chi connectivity index (χ4v) is 1.02. The molecule has 0 radical (unpaired) electrons. The summed E-state index contributed by atoms with van der Waals surface area (Å²) in [7, 11) is 0. The zero-order valence-corrected chi connectivity index (χ0v) is 7.72. The van der Waals surface area contributed by atoms with Gasteiger partial charge in [0, 0.05) is 6.92 Å². The number of rotatable bonds is 5. The van der Waals surface area contributed by atoms with Crippen molar-refractivity contribution in [3.63, 3.8) is 0 Å². The molecule has 0 bridgehead atoms. The molecule has 0 aromatic rings. The molecule has 2 heteroatoms. The maximum atomic E-state index is 10.5. The van der Waals surface area contributed by atoms with Crippen LogP contribution in [0.3, 0.4) is 0 Å². The van der Waals surface area contributed by atoms with Crippen molar-refractivity contribution in [2.24, 2.45) is 0 Å². The van der Waals surface area contributed by atoms with Gasteiger partial charge in [-0.1, -0.05) is 19.8 Å². The maximum Gasteiger partial charge on any atom is 0.302 e. The topological polar surface area (TPSA) is 26.3 Å². The van der Waals surface area contributed by atoms with Crippen LogP contribution in [-0.4, -0.2) is 12.1 Å². The van der Waals surface area contributed by atoms with Crippen LogP contribution in [0.1, 0.15) is 46.5 Å². The van der Waals surface area contributed by atoms with E-state index in [1.165, 1.54) is 19.8 Å². The van der Waals surface area contributed by atoms with E-state index in [1.54, 1.807) is 0 Å². The number of ether oxygens (including phenoxy) is 1. The molecule has 0 fully saturated rings. The van der Waals surface area contributed by atoms with Crippen molar-refractivity contribution in [1.82, 2.24) is 0 Å². The third kappa shape index (κ3) is 7.37. The molecule has 0 rings (SSSR count). The number of unbranched alkanes of at least 4 members (excludes halogenated alkanes) is 2. The number of esters is 1. The standard InChI is InChI=1S/C9H18O2/c1-4-5-6-7-8(2)11-9(3)10/h8H,4-7H2,1-3H3/t8-/m0/s1. The van der Waals surface area contributed by atoms with Crippen molar-refractivity contribution in [2.45, 2.75) is 52.6 Å². The number of hydrogen-bond donors (Lipinski definition) is 0. The molecule has 1 atom stereocenters. The third-order valence-corrected chi connectivity index (χ3v) is 1.58. The fourth-order valence-electron chi connectivity index (χ4n) is 1.02. The van der Waals surface area contributed by atoms with Crippen molar-refractivity contribution in [2.75, 3.05) is 0 Å². The largest absolute Gasteiger partial charge is 0.463 e. The highest BCUT2D eigenvalue weighted by molar-refractivity contribution is 5.66. The van der Waals surface area contributed by atoms with Gasteiger partial charge in [-0.2, -0.15) is 0 Å². The molecule has 0 heterocycles. The van der Waals surface area contributed by atoms with Gasteiger partial charge in [-0.15, -0.1) is 0 Å². The summed E-state index contributed by atoms with van der Waals surface area (Å²) in [6.45, 7) is 5.56. The molecule has 2 nitrogen and oxygen atoms in total. The van der Waals surface area contributed by atoms with Gasteiger partial charge in [-0.3, -0.25) is 4.79 Å². The lowest BCUT2D eigenvalue weighted by Crippen LogP contribution is -2.11. The number of hydrogen-bond acceptors (Lipinski definition) is 2. The quantitative estimate of drug-likeness (QED) is 0.454. The Morgan fingerprint density at radius 2 is 2.09 bits per heavy atom. The second kappa shape index (κ2) is 6.20. The van der Waals surface area contributed by atoms with Crippen molar-refractivity contribution < 1.29 is 9.53 Å². The van der Waals surface area contributed by atoms with E-state index in [-0.39, 0.29) is 12.1 Å². The van der Waals surface area contributed by atoms with Crippen LogP contribution in [0.25, 0.3) is 0 Å². The summed E-state index contributed by atoms with van der Waals surface area (Å²) in [5.41, 5.74) is 0. The van der Waals surface area contributed by atoms with E-state index < -0.39 is 0 Å². The predicted molar refractivity (Wildman–Crippen MR) is 45.4 cm³/mol. The molecular weight excluding hydrogens is 140 g/mol. The molecule has 0 N–H and O–H groups in total. The minimum atomic E-state index is -0.172. The van der Waals surface area contributed by atoms with E-state index >= 15 is 0 Å². The van der Waals surface area contributed by atoms with Crippen LogP contribution in [-0.2, 0) is 9.53 Å². The summed E-state index contributed by atoms with van der Waals surface area (Å²) in [5, 5.41) is 0. The Hall–Kier alpha value is -0.530. The van der Waals surface area contributed by atoms with Crippen LogP contribution in [0.15, 0.2) is 0 Å². The smallest absolute Gasteiger partial charge is 0.302 e. The lowest BCUT2D eigenvalue weighted by molar-refractivity contribution is -0.145. The molecule has 11 heavy (non-hydrogen) atoms. The minimum absolute atomic E-state index is 0.0963. The van der Waals surface area contributed by atoms with Crippen LogP contribution in [0.2, 0.25) is 0 Å². The summed E-state index contributed by atoms with van der Waals surface area (Å²) in [4.78, 5) is 10.5. The molecule has 0 amide bonds. The van der Waals surface area contributed by atoms with Gasteiger partial charge in [-0.25, -0.2) is 0 Å². The molecular formula is C9H18O2. The Labute approximate surface area is 68.9 Å².